The van der Waals surface area contributed by atoms with E-state index in [1.165, 1.54) is 0 Å². The van der Waals surface area contributed by atoms with Gasteiger partial charge in [0.1, 0.15) is 6.07 Å². The number of carboxylic acid groups (broad SMARTS) is 1. The summed E-state index contributed by atoms with van der Waals surface area (Å²) < 4.78 is 0. The molecule has 112 valence electrons. The van der Waals surface area contributed by atoms with Crippen LogP contribution in [-0.2, 0) is 4.79 Å². The van der Waals surface area contributed by atoms with Crippen LogP contribution < -0.4 is 5.32 Å². The average Bonchev–Trinajstić information content (AvgIpc) is 2.87. The molecule has 0 bridgehead atoms. The number of carboxylic acids is 1. The Kier molecular flexibility index (Phi) is 5.13. The molecular formula is C16H20N2O2S. The molecule has 21 heavy (non-hydrogen) atoms. The number of hydrogen-bond donors (Lipinski definition) is 2. The molecule has 2 N–H and O–H groups in total. The molecule has 0 aliphatic heterocycles. The number of aliphatic carboxylic acids is 1. The number of carbonyl (C=O) groups is 1. The minimum atomic E-state index is -0.790. The third-order valence-corrected chi connectivity index (χ3v) is 4.83. The second kappa shape index (κ2) is 6.86. The zero-order valence-electron chi connectivity index (χ0n) is 12.2. The van der Waals surface area contributed by atoms with Crippen LogP contribution in [-0.4, -0.2) is 22.4 Å². The van der Waals surface area contributed by atoms with Gasteiger partial charge in [-0.3, -0.25) is 4.79 Å². The minimum Gasteiger partial charge on any atom is -0.481 e. The molecule has 1 aromatic carbocycles. The fraction of sp³-hybridized carbons (Fsp3) is 0.500. The van der Waals surface area contributed by atoms with Gasteiger partial charge in [0.15, 0.2) is 0 Å². The smallest absolute Gasteiger partial charge is 0.305 e. The summed E-state index contributed by atoms with van der Waals surface area (Å²) in [4.78, 5) is 12.1. The van der Waals surface area contributed by atoms with E-state index < -0.39 is 11.5 Å². The number of thioether (sulfide) groups is 1. The highest BCUT2D eigenvalue weighted by Crippen LogP contribution is 2.38. The second-order valence-corrected chi connectivity index (χ2v) is 6.71. The van der Waals surface area contributed by atoms with Crippen molar-refractivity contribution >= 4 is 23.4 Å². The first-order valence-electron chi connectivity index (χ1n) is 7.26. The normalized spacial score (nSPS) is 16.4. The lowest BCUT2D eigenvalue weighted by Gasteiger charge is -2.30. The highest BCUT2D eigenvalue weighted by atomic mass is 32.2. The van der Waals surface area contributed by atoms with Crippen LogP contribution in [0.3, 0.4) is 0 Å². The van der Waals surface area contributed by atoms with E-state index >= 15 is 0 Å². The topological polar surface area (TPSA) is 73.1 Å². The highest BCUT2D eigenvalue weighted by molar-refractivity contribution is 7.99. The van der Waals surface area contributed by atoms with Crippen LogP contribution in [0.5, 0.6) is 0 Å². The Morgan fingerprint density at radius 2 is 2.19 bits per heavy atom. The van der Waals surface area contributed by atoms with Gasteiger partial charge < -0.3 is 10.4 Å². The second-order valence-electron chi connectivity index (χ2n) is 5.41. The Bertz CT molecular complexity index is 560. The molecule has 0 atom stereocenters. The molecule has 5 heteroatoms. The molecule has 4 nitrogen and oxygen atoms in total. The summed E-state index contributed by atoms with van der Waals surface area (Å²) in [6.07, 6.45) is 3.85. The van der Waals surface area contributed by atoms with Crippen molar-refractivity contribution < 1.29 is 9.90 Å². The van der Waals surface area contributed by atoms with Crippen LogP contribution in [0.15, 0.2) is 23.1 Å². The lowest BCUT2D eigenvalue weighted by Crippen LogP contribution is -2.37. The summed E-state index contributed by atoms with van der Waals surface area (Å²) in [5.41, 5.74) is 0.979. The highest BCUT2D eigenvalue weighted by Gasteiger charge is 2.36. The van der Waals surface area contributed by atoms with Crippen molar-refractivity contribution in [1.82, 2.24) is 0 Å². The maximum absolute atomic E-state index is 11.2. The van der Waals surface area contributed by atoms with Crippen molar-refractivity contribution in [2.24, 2.45) is 0 Å². The van der Waals surface area contributed by atoms with E-state index in [1.54, 1.807) is 11.8 Å². The van der Waals surface area contributed by atoms with E-state index in [-0.39, 0.29) is 6.42 Å². The van der Waals surface area contributed by atoms with Gasteiger partial charge in [-0.1, -0.05) is 25.8 Å². The molecular weight excluding hydrogens is 284 g/mol. The minimum absolute atomic E-state index is 0.100. The van der Waals surface area contributed by atoms with Crippen LogP contribution in [0.4, 0.5) is 5.69 Å². The number of rotatable bonds is 6. The predicted octanol–water partition coefficient (Wildman–Crippen LogP) is 3.87. The van der Waals surface area contributed by atoms with E-state index in [2.05, 4.69) is 18.3 Å². The first-order valence-corrected chi connectivity index (χ1v) is 8.25. The van der Waals surface area contributed by atoms with Crippen molar-refractivity contribution in [3.8, 4) is 6.07 Å². The molecule has 0 unspecified atom stereocenters. The Labute approximate surface area is 129 Å². The lowest BCUT2D eigenvalue weighted by molar-refractivity contribution is -0.138. The molecule has 0 aromatic heterocycles. The molecule has 1 fully saturated rings. The van der Waals surface area contributed by atoms with Crippen molar-refractivity contribution in [3.05, 3.63) is 23.8 Å². The molecule has 1 saturated carbocycles. The van der Waals surface area contributed by atoms with Gasteiger partial charge in [-0.2, -0.15) is 5.26 Å². The number of hydrogen-bond acceptors (Lipinski definition) is 4. The summed E-state index contributed by atoms with van der Waals surface area (Å²) in [5, 5.41) is 22.0. The van der Waals surface area contributed by atoms with Gasteiger partial charge in [0, 0.05) is 10.4 Å². The van der Waals surface area contributed by atoms with Crippen molar-refractivity contribution in [3.63, 3.8) is 0 Å². The van der Waals surface area contributed by atoms with E-state index in [9.17, 15) is 15.2 Å². The largest absolute Gasteiger partial charge is 0.481 e. The zero-order valence-corrected chi connectivity index (χ0v) is 13.0. The maximum Gasteiger partial charge on any atom is 0.305 e. The summed E-state index contributed by atoms with van der Waals surface area (Å²) >= 11 is 1.63. The summed E-state index contributed by atoms with van der Waals surface area (Å²) in [6, 6.07) is 8.00. The van der Waals surface area contributed by atoms with Crippen molar-refractivity contribution in [1.29, 1.82) is 5.26 Å². The average molecular weight is 304 g/mol. The van der Waals surface area contributed by atoms with Crippen LogP contribution in [0.1, 0.15) is 44.6 Å². The van der Waals surface area contributed by atoms with Crippen LogP contribution in [0.2, 0.25) is 0 Å². The first-order chi connectivity index (χ1) is 10.1. The fourth-order valence-corrected chi connectivity index (χ4v) is 3.79. The Hall–Kier alpha value is -1.67. The van der Waals surface area contributed by atoms with E-state index in [0.717, 1.165) is 42.0 Å². The standard InChI is InChI=1S/C16H20N2O2S/c1-2-21-14-7-5-6-13(12(14)11-17)18-16(10-15(19)20)8-3-4-9-16/h5-7,18H,2-4,8-10H2,1H3,(H,19,20). The van der Waals surface area contributed by atoms with Gasteiger partial charge in [0.25, 0.3) is 0 Å². The third kappa shape index (κ3) is 3.70. The summed E-state index contributed by atoms with van der Waals surface area (Å²) in [5.74, 6) is 0.111. The number of anilines is 1. The first kappa shape index (κ1) is 15.7. The molecule has 0 spiro atoms. The Balaban J connectivity index is 2.31. The maximum atomic E-state index is 11.2. The quantitative estimate of drug-likeness (QED) is 0.780. The Morgan fingerprint density at radius 1 is 1.48 bits per heavy atom. The van der Waals surface area contributed by atoms with Crippen LogP contribution in [0.25, 0.3) is 0 Å². The lowest BCUT2D eigenvalue weighted by atomic mass is 9.92. The molecule has 1 aliphatic carbocycles. The van der Waals surface area contributed by atoms with E-state index in [4.69, 9.17) is 0 Å². The number of benzene rings is 1. The van der Waals surface area contributed by atoms with Crippen molar-refractivity contribution in [2.45, 2.75) is 49.5 Å². The molecule has 1 aliphatic rings. The SMILES string of the molecule is CCSc1cccc(NC2(CC(=O)O)CCCC2)c1C#N. The van der Waals surface area contributed by atoms with E-state index in [1.807, 2.05) is 18.2 Å². The van der Waals surface area contributed by atoms with Gasteiger partial charge in [-0.05, 0) is 30.7 Å². The van der Waals surface area contributed by atoms with Crippen LogP contribution >= 0.6 is 11.8 Å². The van der Waals surface area contributed by atoms with E-state index in [0.29, 0.717) is 5.56 Å². The molecule has 1 aromatic rings. The number of nitrogens with zero attached hydrogens (tertiary/aromatic N) is 1. The van der Waals surface area contributed by atoms with Gasteiger partial charge in [0.2, 0.25) is 0 Å². The molecule has 0 radical (unpaired) electrons. The van der Waals surface area contributed by atoms with Crippen molar-refractivity contribution in [2.75, 3.05) is 11.1 Å². The monoisotopic (exact) mass is 304 g/mol. The van der Waals surface area contributed by atoms with Crippen LogP contribution in [0, 0.1) is 11.3 Å². The molecule has 2 rings (SSSR count). The predicted molar refractivity (Wildman–Crippen MR) is 84.6 cm³/mol. The Morgan fingerprint density at radius 3 is 2.76 bits per heavy atom. The van der Waals surface area contributed by atoms with Gasteiger partial charge in [-0.15, -0.1) is 11.8 Å². The molecule has 0 saturated heterocycles. The molecule has 0 heterocycles. The van der Waals surface area contributed by atoms with Gasteiger partial charge in [0.05, 0.1) is 17.7 Å². The van der Waals surface area contributed by atoms with Gasteiger partial charge >= 0.3 is 5.97 Å². The number of nitrogens with one attached hydrogen (secondary N) is 1. The third-order valence-electron chi connectivity index (χ3n) is 3.89. The zero-order chi connectivity index (χ0) is 15.3. The van der Waals surface area contributed by atoms with Gasteiger partial charge in [-0.25, -0.2) is 0 Å². The molecule has 0 amide bonds. The fourth-order valence-electron chi connectivity index (χ4n) is 3.00. The number of nitriles is 1. The summed E-state index contributed by atoms with van der Waals surface area (Å²) in [6.45, 7) is 2.05. The summed E-state index contributed by atoms with van der Waals surface area (Å²) in [7, 11) is 0.